The molecule has 5 nitrogen and oxygen atoms in total. The summed E-state index contributed by atoms with van der Waals surface area (Å²) < 4.78 is 5.00. The second-order valence-corrected chi connectivity index (χ2v) is 6.25. The Morgan fingerprint density at radius 3 is 2.14 bits per heavy atom. The van der Waals surface area contributed by atoms with Crippen LogP contribution in [0.5, 0.6) is 0 Å². The van der Waals surface area contributed by atoms with Crippen LogP contribution in [0.15, 0.2) is 12.4 Å². The quantitative estimate of drug-likeness (QED) is 0.671. The van der Waals surface area contributed by atoms with Gasteiger partial charge >= 0.3 is 0 Å². The van der Waals surface area contributed by atoms with E-state index in [2.05, 4.69) is 47.9 Å². The molecule has 5 heteroatoms. The lowest BCUT2D eigenvalue weighted by Crippen LogP contribution is -2.32. The predicted octanol–water partition coefficient (Wildman–Crippen LogP) is 2.33. The first kappa shape index (κ1) is 17.9. The molecule has 0 radical (unpaired) electrons. The van der Waals surface area contributed by atoms with E-state index in [0.717, 1.165) is 44.3 Å². The fourth-order valence-corrected chi connectivity index (χ4v) is 2.13. The van der Waals surface area contributed by atoms with Crippen LogP contribution in [0.4, 0.5) is 5.95 Å². The van der Waals surface area contributed by atoms with Crippen LogP contribution in [0.25, 0.3) is 0 Å². The molecule has 0 aliphatic carbocycles. The number of anilines is 1. The van der Waals surface area contributed by atoms with Crippen LogP contribution in [0.3, 0.4) is 0 Å². The Balaban J connectivity index is 2.59. The van der Waals surface area contributed by atoms with Gasteiger partial charge in [0.25, 0.3) is 0 Å². The highest BCUT2D eigenvalue weighted by atomic mass is 16.5. The lowest BCUT2D eigenvalue weighted by molar-refractivity contribution is 0.199. The van der Waals surface area contributed by atoms with Gasteiger partial charge in [-0.3, -0.25) is 0 Å². The SMILES string of the molecule is COCCNCc1cnc(N(CC(C)C)CC(C)C)nc1. The molecule has 1 aromatic rings. The molecule has 21 heavy (non-hydrogen) atoms. The van der Waals surface area contributed by atoms with Crippen LogP contribution in [-0.4, -0.2) is 43.3 Å². The van der Waals surface area contributed by atoms with E-state index in [1.807, 2.05) is 12.4 Å². The van der Waals surface area contributed by atoms with Crippen molar-refractivity contribution in [3.63, 3.8) is 0 Å². The lowest BCUT2D eigenvalue weighted by Gasteiger charge is -2.26. The lowest BCUT2D eigenvalue weighted by atomic mass is 10.1. The average molecular weight is 294 g/mol. The fourth-order valence-electron chi connectivity index (χ4n) is 2.13. The molecule has 1 N–H and O–H groups in total. The van der Waals surface area contributed by atoms with Gasteiger partial charge in [0.2, 0.25) is 5.95 Å². The minimum atomic E-state index is 0.600. The van der Waals surface area contributed by atoms with Gasteiger partial charge in [-0.2, -0.15) is 0 Å². The first-order valence-electron chi connectivity index (χ1n) is 7.78. The van der Waals surface area contributed by atoms with Gasteiger partial charge in [0, 0.05) is 51.2 Å². The van der Waals surface area contributed by atoms with E-state index in [1.54, 1.807) is 7.11 Å². The molecule has 0 atom stereocenters. The topological polar surface area (TPSA) is 50.3 Å². The number of methoxy groups -OCH3 is 1. The summed E-state index contributed by atoms with van der Waals surface area (Å²) in [5, 5.41) is 3.30. The van der Waals surface area contributed by atoms with Crippen LogP contribution in [0.2, 0.25) is 0 Å². The minimum absolute atomic E-state index is 0.600. The molecular formula is C16H30N4O. The van der Waals surface area contributed by atoms with Crippen LogP contribution in [-0.2, 0) is 11.3 Å². The highest BCUT2D eigenvalue weighted by Gasteiger charge is 2.12. The zero-order chi connectivity index (χ0) is 15.7. The van der Waals surface area contributed by atoms with Gasteiger partial charge in [-0.05, 0) is 11.8 Å². The van der Waals surface area contributed by atoms with E-state index < -0.39 is 0 Å². The van der Waals surface area contributed by atoms with Crippen LogP contribution in [0.1, 0.15) is 33.3 Å². The van der Waals surface area contributed by atoms with Crippen molar-refractivity contribution in [1.29, 1.82) is 0 Å². The summed E-state index contributed by atoms with van der Waals surface area (Å²) in [5.41, 5.74) is 1.10. The van der Waals surface area contributed by atoms with Gasteiger partial charge in [0.15, 0.2) is 0 Å². The zero-order valence-electron chi connectivity index (χ0n) is 14.1. The summed E-state index contributed by atoms with van der Waals surface area (Å²) in [6.45, 7) is 13.2. The summed E-state index contributed by atoms with van der Waals surface area (Å²) in [6.07, 6.45) is 3.82. The first-order chi connectivity index (χ1) is 10.0. The van der Waals surface area contributed by atoms with Gasteiger partial charge in [-0.25, -0.2) is 9.97 Å². The van der Waals surface area contributed by atoms with Crippen LogP contribution >= 0.6 is 0 Å². The number of ether oxygens (including phenoxy) is 1. The summed E-state index contributed by atoms with van der Waals surface area (Å²) in [7, 11) is 1.71. The zero-order valence-corrected chi connectivity index (χ0v) is 14.1. The number of rotatable bonds is 10. The normalized spacial score (nSPS) is 11.4. The van der Waals surface area contributed by atoms with Crippen molar-refractivity contribution in [2.75, 3.05) is 38.3 Å². The standard InChI is InChI=1S/C16H30N4O/c1-13(2)11-20(12-14(3)4)16-18-9-15(10-19-16)8-17-6-7-21-5/h9-10,13-14,17H,6-8,11-12H2,1-5H3. The van der Waals surface area contributed by atoms with Crippen LogP contribution < -0.4 is 10.2 Å². The third-order valence-corrected chi connectivity index (χ3v) is 2.96. The summed E-state index contributed by atoms with van der Waals surface area (Å²) in [6, 6.07) is 0. The van der Waals surface area contributed by atoms with E-state index in [-0.39, 0.29) is 0 Å². The molecule has 120 valence electrons. The average Bonchev–Trinajstić information content (AvgIpc) is 2.42. The molecular weight excluding hydrogens is 264 g/mol. The highest BCUT2D eigenvalue weighted by Crippen LogP contribution is 2.12. The van der Waals surface area contributed by atoms with Gasteiger partial charge in [0.05, 0.1) is 6.61 Å². The van der Waals surface area contributed by atoms with Crippen LogP contribution in [0, 0.1) is 11.8 Å². The Morgan fingerprint density at radius 1 is 1.10 bits per heavy atom. The maximum atomic E-state index is 5.00. The Morgan fingerprint density at radius 2 is 1.67 bits per heavy atom. The van der Waals surface area contributed by atoms with Gasteiger partial charge in [-0.1, -0.05) is 27.7 Å². The predicted molar refractivity (Wildman–Crippen MR) is 87.5 cm³/mol. The van der Waals surface area contributed by atoms with E-state index >= 15 is 0 Å². The van der Waals surface area contributed by atoms with E-state index in [1.165, 1.54) is 0 Å². The van der Waals surface area contributed by atoms with Crippen molar-refractivity contribution < 1.29 is 4.74 Å². The fraction of sp³-hybridized carbons (Fsp3) is 0.750. The molecule has 1 aromatic heterocycles. The Labute approximate surface area is 129 Å². The van der Waals surface area contributed by atoms with Crippen molar-refractivity contribution >= 4 is 5.95 Å². The van der Waals surface area contributed by atoms with Gasteiger partial charge in [0.1, 0.15) is 0 Å². The second kappa shape index (κ2) is 9.68. The second-order valence-electron chi connectivity index (χ2n) is 6.25. The van der Waals surface area contributed by atoms with Crippen molar-refractivity contribution in [3.05, 3.63) is 18.0 Å². The Kier molecular flexibility index (Phi) is 8.23. The molecule has 0 spiro atoms. The highest BCUT2D eigenvalue weighted by molar-refractivity contribution is 5.30. The molecule has 0 fully saturated rings. The molecule has 0 saturated carbocycles. The monoisotopic (exact) mass is 294 g/mol. The largest absolute Gasteiger partial charge is 0.383 e. The molecule has 0 aromatic carbocycles. The molecule has 0 bridgehead atoms. The van der Waals surface area contributed by atoms with E-state index in [4.69, 9.17) is 4.74 Å². The first-order valence-corrected chi connectivity index (χ1v) is 7.78. The third kappa shape index (κ3) is 7.39. The van der Waals surface area contributed by atoms with Gasteiger partial charge < -0.3 is 15.0 Å². The molecule has 1 rings (SSSR count). The maximum absolute atomic E-state index is 5.00. The molecule has 0 aliphatic heterocycles. The minimum Gasteiger partial charge on any atom is -0.383 e. The molecule has 0 unspecified atom stereocenters. The van der Waals surface area contributed by atoms with E-state index in [0.29, 0.717) is 11.8 Å². The number of nitrogens with zero attached hydrogens (tertiary/aromatic N) is 3. The summed E-state index contributed by atoms with van der Waals surface area (Å²) >= 11 is 0. The molecule has 0 amide bonds. The van der Waals surface area contributed by atoms with Crippen molar-refractivity contribution in [2.24, 2.45) is 11.8 Å². The number of nitrogens with one attached hydrogen (secondary N) is 1. The van der Waals surface area contributed by atoms with Gasteiger partial charge in [-0.15, -0.1) is 0 Å². The third-order valence-electron chi connectivity index (χ3n) is 2.96. The van der Waals surface area contributed by atoms with E-state index in [9.17, 15) is 0 Å². The Bertz CT molecular complexity index is 368. The van der Waals surface area contributed by atoms with Crippen molar-refractivity contribution in [2.45, 2.75) is 34.2 Å². The molecule has 0 aliphatic rings. The molecule has 0 saturated heterocycles. The number of hydrogen-bond donors (Lipinski definition) is 1. The summed E-state index contributed by atoms with van der Waals surface area (Å²) in [5.74, 6) is 2.03. The smallest absolute Gasteiger partial charge is 0.225 e. The molecule has 1 heterocycles. The van der Waals surface area contributed by atoms with Crippen molar-refractivity contribution in [1.82, 2.24) is 15.3 Å². The maximum Gasteiger partial charge on any atom is 0.225 e. The summed E-state index contributed by atoms with van der Waals surface area (Å²) in [4.78, 5) is 11.3. The number of aromatic nitrogens is 2. The Hall–Kier alpha value is -1.20. The number of hydrogen-bond acceptors (Lipinski definition) is 5. The van der Waals surface area contributed by atoms with Crippen molar-refractivity contribution in [3.8, 4) is 0 Å².